The summed E-state index contributed by atoms with van der Waals surface area (Å²) in [4.78, 5) is 4.84. The van der Waals surface area contributed by atoms with Gasteiger partial charge in [0.1, 0.15) is 0 Å². The molecule has 23 rings (SSSR count). The maximum absolute atomic E-state index is 2.51. The Morgan fingerprint density at radius 1 is 0.143 bits per heavy atom. The van der Waals surface area contributed by atoms with Gasteiger partial charge in [-0.15, -0.1) is 0 Å². The van der Waals surface area contributed by atoms with E-state index >= 15 is 0 Å². The molecule has 0 unspecified atom stereocenters. The fourth-order valence-corrected chi connectivity index (χ4v) is 18.3. The van der Waals surface area contributed by atoms with Gasteiger partial charge in [0.05, 0.1) is 44.1 Å². The number of benzene rings is 19. The molecule has 0 fully saturated rings. The van der Waals surface area contributed by atoms with Gasteiger partial charge in [-0.25, -0.2) is 0 Å². The Morgan fingerprint density at radius 3 is 0.848 bits per heavy atom. The Labute approximate surface area is 645 Å². The number of hydrogen-bond acceptors (Lipinski definition) is 2. The molecule has 23 aromatic rings. The van der Waals surface area contributed by atoms with Gasteiger partial charge in [-0.1, -0.05) is 243 Å². The first kappa shape index (κ1) is 63.1. The van der Waals surface area contributed by atoms with Crippen LogP contribution >= 0.6 is 0 Å². The molecule has 0 aliphatic carbocycles. The molecule has 0 atom stereocenters. The summed E-state index contributed by atoms with van der Waals surface area (Å²) in [7, 11) is 0. The normalized spacial score (nSPS) is 11.9. The van der Waals surface area contributed by atoms with E-state index in [1.807, 2.05) is 0 Å². The average Bonchev–Trinajstić information content (AvgIpc) is 1.54. The molecule has 0 aliphatic rings. The van der Waals surface area contributed by atoms with Crippen molar-refractivity contribution in [2.24, 2.45) is 0 Å². The molecule has 0 amide bonds. The molecule has 112 heavy (non-hydrogen) atoms. The summed E-state index contributed by atoms with van der Waals surface area (Å²) in [5, 5.41) is 19.2. The van der Waals surface area contributed by atoms with Gasteiger partial charge in [-0.05, 0) is 224 Å². The third kappa shape index (κ3) is 10.1. The van der Waals surface area contributed by atoms with Crippen molar-refractivity contribution >= 4 is 164 Å². The molecule has 6 heteroatoms. The van der Waals surface area contributed by atoms with Crippen LogP contribution in [0.3, 0.4) is 0 Å². The van der Waals surface area contributed by atoms with Crippen LogP contribution in [-0.2, 0) is 0 Å². The van der Waals surface area contributed by atoms with Crippen molar-refractivity contribution in [2.45, 2.75) is 0 Å². The van der Waals surface area contributed by atoms with Crippen molar-refractivity contribution < 1.29 is 0 Å². The molecule has 0 spiro atoms. The zero-order valence-electron chi connectivity index (χ0n) is 60.9. The van der Waals surface area contributed by atoms with Crippen LogP contribution in [0.2, 0.25) is 0 Å². The summed E-state index contributed by atoms with van der Waals surface area (Å²) in [5.74, 6) is 0. The molecule has 4 heterocycles. The van der Waals surface area contributed by atoms with E-state index < -0.39 is 0 Å². The van der Waals surface area contributed by atoms with Crippen LogP contribution in [0.5, 0.6) is 0 Å². The Kier molecular flexibility index (Phi) is 14.3. The fourth-order valence-electron chi connectivity index (χ4n) is 18.3. The van der Waals surface area contributed by atoms with Crippen molar-refractivity contribution in [1.82, 2.24) is 18.3 Å². The number of para-hydroxylation sites is 6. The third-order valence-corrected chi connectivity index (χ3v) is 23.4. The summed E-state index contributed by atoms with van der Waals surface area (Å²) in [5.41, 5.74) is 25.1. The molecule has 0 radical (unpaired) electrons. The lowest BCUT2D eigenvalue weighted by Gasteiger charge is -2.26. The van der Waals surface area contributed by atoms with Crippen LogP contribution in [0.1, 0.15) is 0 Å². The second-order valence-corrected chi connectivity index (χ2v) is 29.6. The minimum atomic E-state index is 1.07. The molecular formula is C106H68N6. The number of nitrogens with zero attached hydrogens (tertiary/aromatic N) is 6. The van der Waals surface area contributed by atoms with Gasteiger partial charge in [0.25, 0.3) is 0 Å². The zero-order chi connectivity index (χ0) is 73.5. The molecular weight excluding hydrogens is 1360 g/mol. The molecule has 0 N–H and O–H groups in total. The highest BCUT2D eigenvalue weighted by atomic mass is 15.1. The molecule has 4 aromatic heterocycles. The highest BCUT2D eigenvalue weighted by Crippen LogP contribution is 2.48. The molecule has 6 nitrogen and oxygen atoms in total. The van der Waals surface area contributed by atoms with E-state index in [1.165, 1.54) is 120 Å². The minimum Gasteiger partial charge on any atom is -0.310 e. The van der Waals surface area contributed by atoms with E-state index in [0.717, 1.165) is 89.8 Å². The van der Waals surface area contributed by atoms with Crippen LogP contribution in [-0.4, -0.2) is 18.3 Å². The number of fused-ring (bicyclic) bond motifs is 18. The van der Waals surface area contributed by atoms with E-state index in [0.29, 0.717) is 0 Å². The van der Waals surface area contributed by atoms with E-state index in [1.54, 1.807) is 0 Å². The summed E-state index contributed by atoms with van der Waals surface area (Å²) >= 11 is 0. The number of hydrogen-bond donors (Lipinski definition) is 0. The second kappa shape index (κ2) is 25.3. The van der Waals surface area contributed by atoms with Gasteiger partial charge in [-0.2, -0.15) is 0 Å². The highest BCUT2D eigenvalue weighted by molar-refractivity contribution is 6.26. The van der Waals surface area contributed by atoms with Gasteiger partial charge in [-0.3, -0.25) is 0 Å². The van der Waals surface area contributed by atoms with Gasteiger partial charge < -0.3 is 28.1 Å². The van der Waals surface area contributed by atoms with Crippen LogP contribution in [0.25, 0.3) is 175 Å². The summed E-state index contributed by atoms with van der Waals surface area (Å²) in [6.45, 7) is 0. The second-order valence-electron chi connectivity index (χ2n) is 29.6. The Bertz CT molecular complexity index is 7270. The Hall–Kier alpha value is -15.0. The maximum atomic E-state index is 2.51. The van der Waals surface area contributed by atoms with Crippen molar-refractivity contribution in [2.75, 3.05) is 9.80 Å². The first-order valence-corrected chi connectivity index (χ1v) is 38.5. The highest BCUT2D eigenvalue weighted by Gasteiger charge is 2.25. The first-order chi connectivity index (χ1) is 55.5. The summed E-state index contributed by atoms with van der Waals surface area (Å²) < 4.78 is 9.78. The van der Waals surface area contributed by atoms with E-state index in [4.69, 9.17) is 0 Å². The lowest BCUT2D eigenvalue weighted by molar-refractivity contribution is 1.17. The molecule has 19 aromatic carbocycles. The van der Waals surface area contributed by atoms with Crippen molar-refractivity contribution in [3.8, 4) is 45.0 Å². The molecule has 0 bridgehead atoms. The lowest BCUT2D eigenvalue weighted by Crippen LogP contribution is -2.10. The summed E-state index contributed by atoms with van der Waals surface area (Å²) in [6, 6.07) is 152. The number of rotatable bonds is 12. The molecule has 0 aliphatic heterocycles. The van der Waals surface area contributed by atoms with E-state index in [2.05, 4.69) is 441 Å². The minimum absolute atomic E-state index is 1.07. The van der Waals surface area contributed by atoms with Gasteiger partial charge >= 0.3 is 0 Å². The van der Waals surface area contributed by atoms with E-state index in [-0.39, 0.29) is 0 Å². The average molecular weight is 1430 g/mol. The predicted molar refractivity (Wildman–Crippen MR) is 474 cm³/mol. The van der Waals surface area contributed by atoms with Crippen LogP contribution in [0.15, 0.2) is 413 Å². The topological polar surface area (TPSA) is 26.2 Å². The van der Waals surface area contributed by atoms with Gasteiger partial charge in [0, 0.05) is 111 Å². The molecule has 522 valence electrons. The van der Waals surface area contributed by atoms with Crippen molar-refractivity contribution in [3.05, 3.63) is 413 Å². The number of anilines is 6. The largest absolute Gasteiger partial charge is 0.310 e. The smallest absolute Gasteiger partial charge is 0.0619 e. The lowest BCUT2D eigenvalue weighted by atomic mass is 10.0. The predicted octanol–water partition coefficient (Wildman–Crippen LogP) is 29.0. The van der Waals surface area contributed by atoms with E-state index in [9.17, 15) is 0 Å². The third-order valence-electron chi connectivity index (χ3n) is 23.4. The quantitative estimate of drug-likeness (QED) is 0.122. The van der Waals surface area contributed by atoms with Crippen molar-refractivity contribution in [1.29, 1.82) is 0 Å². The first-order valence-electron chi connectivity index (χ1n) is 38.5. The van der Waals surface area contributed by atoms with Crippen LogP contribution in [0, 0.1) is 0 Å². The van der Waals surface area contributed by atoms with Crippen LogP contribution < -0.4 is 9.80 Å². The number of aromatic nitrogens is 4. The Morgan fingerprint density at radius 2 is 0.438 bits per heavy atom. The Balaban J connectivity index is 0.650. The standard InChI is InChI=1S/C106H68N6/c1-5-25-79(26-6-1)109-99-35-19-17-33-91(99)95-65-75(45-59-101(95)109)71-37-47-83(48-38-71)107(85-51-41-69-21-13-15-23-73(69)61-85)87-53-57-89-77(63-87)43-55-93-97-67-98-94-56-44-78-64-88(54-58-90(78)106(94)112(82-31-11-4-12-32-82)104(98)68-103(97)111(105(89)93)81-29-9-3-10-30-81)108(86-52-42-70-22-14-16-24-74(70)62-86)84-49-39-72(40-50-84)76-46-60-102-96(66-76)92-34-18-20-36-100(92)110(102)80-27-7-2-8-28-80/h1-68H. The monoisotopic (exact) mass is 1420 g/mol. The molecule has 0 saturated heterocycles. The van der Waals surface area contributed by atoms with Crippen molar-refractivity contribution in [3.63, 3.8) is 0 Å². The summed E-state index contributed by atoms with van der Waals surface area (Å²) in [6.07, 6.45) is 0. The van der Waals surface area contributed by atoms with Gasteiger partial charge in [0.15, 0.2) is 0 Å². The zero-order valence-corrected chi connectivity index (χ0v) is 60.9. The fraction of sp³-hybridized carbons (Fsp3) is 0. The maximum Gasteiger partial charge on any atom is 0.0619 e. The SMILES string of the molecule is c1ccc(-n2c3ccccc3c3cc(-c4ccc(N(c5ccc6ccccc6c5)c5ccc6c(ccc7c8cc9c%10ccc%11cc(N(c%12ccc(-c%13ccc%14c(c%13)c%13ccccc%13n%14-c%13ccccc%13)cc%12)c%12ccc%13ccccc%13c%12)ccc%11c%10n(-c%10ccccc%10)c9cc8n(-c8ccccc8)c67)c5)cc4)ccc32)cc1. The van der Waals surface area contributed by atoms with Crippen LogP contribution in [0.4, 0.5) is 34.1 Å². The molecule has 0 saturated carbocycles. The van der Waals surface area contributed by atoms with Gasteiger partial charge in [0.2, 0.25) is 0 Å².